The van der Waals surface area contributed by atoms with Gasteiger partial charge in [-0.15, -0.1) is 0 Å². The van der Waals surface area contributed by atoms with Crippen LogP contribution in [0.3, 0.4) is 0 Å². The van der Waals surface area contributed by atoms with Crippen LogP contribution >= 0.6 is 0 Å². The van der Waals surface area contributed by atoms with Crippen LogP contribution in [-0.4, -0.2) is 28.0 Å². The van der Waals surface area contributed by atoms with Gasteiger partial charge in [-0.05, 0) is 17.7 Å². The van der Waals surface area contributed by atoms with Crippen molar-refractivity contribution in [3.05, 3.63) is 60.2 Å². The molecule has 0 aliphatic rings. The quantitative estimate of drug-likeness (QED) is 0.477. The number of carbonyl (C=O) groups excluding carboxylic acids is 2. The van der Waals surface area contributed by atoms with Crippen LogP contribution in [0.2, 0.25) is 0 Å². The van der Waals surface area contributed by atoms with E-state index in [2.05, 4.69) is 25.8 Å². The average Bonchev–Trinajstić information content (AvgIpc) is 2.54. The van der Waals surface area contributed by atoms with Crippen molar-refractivity contribution in [3.63, 3.8) is 0 Å². The number of pyridine rings is 2. The van der Waals surface area contributed by atoms with E-state index >= 15 is 0 Å². The van der Waals surface area contributed by atoms with Crippen molar-refractivity contribution in [1.82, 2.24) is 20.7 Å². The molecule has 2 aromatic heterocycles. The first-order chi connectivity index (χ1) is 10.3. The Kier molecular flexibility index (Phi) is 5.11. The molecule has 0 aromatic carbocycles. The molecule has 7 nitrogen and oxygen atoms in total. The average molecular weight is 283 g/mol. The maximum atomic E-state index is 11.5. The molecule has 2 rings (SSSR count). The summed E-state index contributed by atoms with van der Waals surface area (Å²) >= 11 is 0. The van der Waals surface area contributed by atoms with Crippen LogP contribution < -0.4 is 10.7 Å². The first-order valence-corrected chi connectivity index (χ1v) is 6.16. The van der Waals surface area contributed by atoms with Gasteiger partial charge in [-0.3, -0.25) is 19.6 Å². The van der Waals surface area contributed by atoms with Gasteiger partial charge < -0.3 is 5.32 Å². The molecule has 2 N–H and O–H groups in total. The third-order valence-corrected chi connectivity index (χ3v) is 2.45. The molecule has 0 atom stereocenters. The largest absolute Gasteiger partial charge is 0.344 e. The minimum atomic E-state index is -0.834. The fourth-order valence-electron chi connectivity index (χ4n) is 1.43. The summed E-state index contributed by atoms with van der Waals surface area (Å²) in [5, 5.41) is 6.15. The lowest BCUT2D eigenvalue weighted by Crippen LogP contribution is -2.37. The molecule has 21 heavy (non-hydrogen) atoms. The maximum Gasteiger partial charge on any atom is 0.329 e. The molecule has 0 saturated carbocycles. The Morgan fingerprint density at radius 3 is 2.52 bits per heavy atom. The molecule has 0 spiro atoms. The minimum Gasteiger partial charge on any atom is -0.344 e. The Morgan fingerprint density at radius 1 is 1.10 bits per heavy atom. The van der Waals surface area contributed by atoms with Crippen molar-refractivity contribution in [2.45, 2.75) is 6.54 Å². The molecule has 0 aliphatic heterocycles. The summed E-state index contributed by atoms with van der Waals surface area (Å²) in [7, 11) is 0. The zero-order chi connectivity index (χ0) is 14.9. The highest BCUT2D eigenvalue weighted by atomic mass is 16.2. The predicted octanol–water partition coefficient (Wildman–Crippen LogP) is 0.243. The Bertz CT molecular complexity index is 628. The SMILES string of the molecule is O=C(NCc1cccnc1)C(=O)N/N=C/c1cccnc1. The van der Waals surface area contributed by atoms with Crippen LogP contribution in [0.25, 0.3) is 0 Å². The lowest BCUT2D eigenvalue weighted by molar-refractivity contribution is -0.139. The van der Waals surface area contributed by atoms with Gasteiger partial charge in [0.25, 0.3) is 0 Å². The molecule has 0 saturated heterocycles. The van der Waals surface area contributed by atoms with Crippen molar-refractivity contribution in [2.24, 2.45) is 5.10 Å². The first kappa shape index (κ1) is 14.3. The van der Waals surface area contributed by atoms with Crippen LogP contribution in [0, 0.1) is 0 Å². The Labute approximate surface area is 121 Å². The third kappa shape index (κ3) is 4.83. The number of hydrogen-bond donors (Lipinski definition) is 2. The van der Waals surface area contributed by atoms with Crippen LogP contribution in [0.1, 0.15) is 11.1 Å². The van der Waals surface area contributed by atoms with Gasteiger partial charge in [0, 0.05) is 36.9 Å². The summed E-state index contributed by atoms with van der Waals surface area (Å²) < 4.78 is 0. The molecule has 0 unspecified atom stereocenters. The lowest BCUT2D eigenvalue weighted by atomic mass is 10.3. The smallest absolute Gasteiger partial charge is 0.329 e. The second kappa shape index (κ2) is 7.49. The maximum absolute atomic E-state index is 11.5. The van der Waals surface area contributed by atoms with Crippen molar-refractivity contribution >= 4 is 18.0 Å². The highest BCUT2D eigenvalue weighted by Gasteiger charge is 2.11. The summed E-state index contributed by atoms with van der Waals surface area (Å²) in [6.45, 7) is 0.229. The molecule has 106 valence electrons. The van der Waals surface area contributed by atoms with E-state index in [1.165, 1.54) is 6.21 Å². The van der Waals surface area contributed by atoms with Gasteiger partial charge in [-0.1, -0.05) is 12.1 Å². The van der Waals surface area contributed by atoms with E-state index < -0.39 is 11.8 Å². The summed E-state index contributed by atoms with van der Waals surface area (Å²) in [4.78, 5) is 30.8. The molecule has 2 aromatic rings. The lowest BCUT2D eigenvalue weighted by Gasteiger charge is -2.03. The Morgan fingerprint density at radius 2 is 1.86 bits per heavy atom. The summed E-state index contributed by atoms with van der Waals surface area (Å²) in [5.74, 6) is -1.60. The van der Waals surface area contributed by atoms with Crippen molar-refractivity contribution < 1.29 is 9.59 Å². The fourth-order valence-corrected chi connectivity index (χ4v) is 1.43. The van der Waals surface area contributed by atoms with E-state index in [1.54, 1.807) is 49.1 Å². The number of nitrogens with one attached hydrogen (secondary N) is 2. The minimum absolute atomic E-state index is 0.229. The van der Waals surface area contributed by atoms with E-state index in [9.17, 15) is 9.59 Å². The Balaban J connectivity index is 1.78. The number of carbonyl (C=O) groups is 2. The molecule has 0 radical (unpaired) electrons. The van der Waals surface area contributed by atoms with Gasteiger partial charge in [0.2, 0.25) is 0 Å². The van der Waals surface area contributed by atoms with Crippen LogP contribution in [-0.2, 0) is 16.1 Å². The van der Waals surface area contributed by atoms with E-state index in [0.717, 1.165) is 5.56 Å². The Hall–Kier alpha value is -3.09. The van der Waals surface area contributed by atoms with Gasteiger partial charge in [0.1, 0.15) is 0 Å². The van der Waals surface area contributed by atoms with Crippen LogP contribution in [0.4, 0.5) is 0 Å². The van der Waals surface area contributed by atoms with Gasteiger partial charge in [0.05, 0.1) is 6.21 Å². The number of aromatic nitrogens is 2. The number of hydrazone groups is 1. The molecule has 0 bridgehead atoms. The second-order valence-electron chi connectivity index (χ2n) is 4.03. The second-order valence-corrected chi connectivity index (χ2v) is 4.03. The summed E-state index contributed by atoms with van der Waals surface area (Å²) in [6, 6.07) is 7.06. The van der Waals surface area contributed by atoms with Crippen molar-refractivity contribution in [1.29, 1.82) is 0 Å². The molecule has 0 aliphatic carbocycles. The number of nitrogens with zero attached hydrogens (tertiary/aromatic N) is 3. The zero-order valence-electron chi connectivity index (χ0n) is 11.1. The first-order valence-electron chi connectivity index (χ1n) is 6.16. The van der Waals surface area contributed by atoms with Crippen molar-refractivity contribution in [3.8, 4) is 0 Å². The number of amides is 2. The molecular formula is C14H13N5O2. The van der Waals surface area contributed by atoms with E-state index in [1.807, 2.05) is 0 Å². The highest BCUT2D eigenvalue weighted by molar-refractivity contribution is 6.35. The van der Waals surface area contributed by atoms with Gasteiger partial charge >= 0.3 is 11.8 Å². The van der Waals surface area contributed by atoms with Gasteiger partial charge in [-0.25, -0.2) is 5.43 Å². The van der Waals surface area contributed by atoms with E-state index in [4.69, 9.17) is 0 Å². The summed E-state index contributed by atoms with van der Waals surface area (Å²) in [5.41, 5.74) is 3.66. The van der Waals surface area contributed by atoms with Crippen molar-refractivity contribution in [2.75, 3.05) is 0 Å². The molecular weight excluding hydrogens is 270 g/mol. The topological polar surface area (TPSA) is 96.3 Å². The normalized spacial score (nSPS) is 10.3. The predicted molar refractivity (Wildman–Crippen MR) is 76.1 cm³/mol. The standard InChI is InChI=1S/C14H13N5O2/c20-13(17-9-11-3-1-5-15-7-11)14(21)19-18-10-12-4-2-6-16-8-12/h1-8,10H,9H2,(H,17,20)(H,19,21)/b18-10+. The number of rotatable bonds is 4. The number of hydrogen-bond acceptors (Lipinski definition) is 5. The molecule has 2 amide bonds. The molecule has 7 heteroatoms. The molecule has 2 heterocycles. The highest BCUT2D eigenvalue weighted by Crippen LogP contribution is 1.94. The van der Waals surface area contributed by atoms with Crippen LogP contribution in [0.5, 0.6) is 0 Å². The third-order valence-electron chi connectivity index (χ3n) is 2.45. The monoisotopic (exact) mass is 283 g/mol. The van der Waals surface area contributed by atoms with Crippen LogP contribution in [0.15, 0.2) is 54.2 Å². The van der Waals surface area contributed by atoms with E-state index in [-0.39, 0.29) is 6.54 Å². The zero-order valence-corrected chi connectivity index (χ0v) is 11.1. The fraction of sp³-hybridized carbons (Fsp3) is 0.0714. The van der Waals surface area contributed by atoms with Gasteiger partial charge in [-0.2, -0.15) is 5.10 Å². The van der Waals surface area contributed by atoms with E-state index in [0.29, 0.717) is 5.56 Å². The van der Waals surface area contributed by atoms with Gasteiger partial charge in [0.15, 0.2) is 0 Å². The molecule has 0 fully saturated rings. The summed E-state index contributed by atoms with van der Waals surface area (Å²) in [6.07, 6.45) is 7.85.